The monoisotopic (exact) mass is 311 g/mol. The Morgan fingerprint density at radius 1 is 1.43 bits per heavy atom. The highest BCUT2D eigenvalue weighted by Gasteiger charge is 2.19. The van der Waals surface area contributed by atoms with E-state index in [0.717, 1.165) is 12.1 Å². The molecule has 8 nitrogen and oxygen atoms in total. The fourth-order valence-corrected chi connectivity index (χ4v) is 2.78. The number of aromatic carboxylic acids is 1. The number of carboxylic acids is 1. The van der Waals surface area contributed by atoms with Crippen LogP contribution in [0.2, 0.25) is 0 Å². The second-order valence-corrected chi connectivity index (χ2v) is 6.05. The molecular weight excluding hydrogens is 298 g/mol. The van der Waals surface area contributed by atoms with Gasteiger partial charge in [0.15, 0.2) is 0 Å². The van der Waals surface area contributed by atoms with Crippen molar-refractivity contribution in [1.29, 1.82) is 0 Å². The van der Waals surface area contributed by atoms with Gasteiger partial charge in [0.05, 0.1) is 23.5 Å². The van der Waals surface area contributed by atoms with Crippen LogP contribution in [0.1, 0.15) is 21.8 Å². The zero-order valence-electron chi connectivity index (χ0n) is 11.0. The van der Waals surface area contributed by atoms with Crippen molar-refractivity contribution >= 4 is 21.7 Å². The van der Waals surface area contributed by atoms with Gasteiger partial charge < -0.3 is 15.4 Å². The number of rotatable bonds is 5. The van der Waals surface area contributed by atoms with Crippen molar-refractivity contribution in [3.63, 3.8) is 0 Å². The van der Waals surface area contributed by atoms with Gasteiger partial charge in [0.2, 0.25) is 10.0 Å². The molecule has 0 atom stereocenters. The quantitative estimate of drug-likeness (QED) is 0.693. The number of hydrogen-bond donors (Lipinski definition) is 3. The van der Waals surface area contributed by atoms with Crippen molar-refractivity contribution in [3.05, 3.63) is 41.3 Å². The topological polar surface area (TPSA) is 136 Å². The van der Waals surface area contributed by atoms with Gasteiger partial charge in [-0.05, 0) is 25.1 Å². The van der Waals surface area contributed by atoms with Gasteiger partial charge >= 0.3 is 5.97 Å². The molecule has 0 amide bonds. The van der Waals surface area contributed by atoms with E-state index in [9.17, 15) is 13.2 Å². The Labute approximate surface area is 120 Å². The number of carboxylic acid groups (broad SMARTS) is 1. The lowest BCUT2D eigenvalue weighted by Crippen LogP contribution is -2.24. The van der Waals surface area contributed by atoms with Crippen molar-refractivity contribution in [2.45, 2.75) is 18.4 Å². The summed E-state index contributed by atoms with van der Waals surface area (Å²) in [4.78, 5) is 10.6. The number of nitrogen functional groups attached to an aromatic ring is 1. The van der Waals surface area contributed by atoms with Crippen LogP contribution in [-0.2, 0) is 16.6 Å². The van der Waals surface area contributed by atoms with Gasteiger partial charge in [-0.3, -0.25) is 0 Å². The minimum absolute atomic E-state index is 0.0558. The molecule has 4 N–H and O–H groups in total. The second kappa shape index (κ2) is 5.54. The summed E-state index contributed by atoms with van der Waals surface area (Å²) in [5, 5.41) is 12.5. The number of hydrogen-bond acceptors (Lipinski definition) is 6. The molecule has 0 aliphatic heterocycles. The number of carbonyl (C=O) groups is 1. The molecular formula is C12H13N3O5S. The normalized spacial score (nSPS) is 11.5. The van der Waals surface area contributed by atoms with Crippen LogP contribution in [0.4, 0.5) is 5.69 Å². The molecule has 0 bridgehead atoms. The van der Waals surface area contributed by atoms with Gasteiger partial charge in [-0.25, -0.2) is 17.9 Å². The van der Waals surface area contributed by atoms with Crippen LogP contribution in [0.3, 0.4) is 0 Å². The van der Waals surface area contributed by atoms with Crippen LogP contribution in [0, 0.1) is 6.92 Å². The molecule has 0 spiro atoms. The van der Waals surface area contributed by atoms with Crippen LogP contribution in [0.15, 0.2) is 33.7 Å². The number of nitrogens with two attached hydrogens (primary N) is 1. The largest absolute Gasteiger partial charge is 0.478 e. The van der Waals surface area contributed by atoms with E-state index in [2.05, 4.69) is 9.88 Å². The van der Waals surface area contributed by atoms with E-state index in [0.29, 0.717) is 11.5 Å². The lowest BCUT2D eigenvalue weighted by atomic mass is 10.2. The first kappa shape index (κ1) is 15.0. The third-order valence-electron chi connectivity index (χ3n) is 2.67. The van der Waals surface area contributed by atoms with Crippen molar-refractivity contribution in [2.24, 2.45) is 0 Å². The van der Waals surface area contributed by atoms with Crippen LogP contribution < -0.4 is 10.5 Å². The number of anilines is 1. The van der Waals surface area contributed by atoms with Crippen molar-refractivity contribution in [2.75, 3.05) is 5.73 Å². The standard InChI is InChI=1S/C12H13N3O5S/c1-7-4-9(15-20-7)6-14-21(18,19)11-3-2-8(12(16)17)5-10(11)13/h2-5,14H,6,13H2,1H3,(H,16,17). The molecule has 1 aromatic carbocycles. The van der Waals surface area contributed by atoms with Crippen molar-refractivity contribution < 1.29 is 22.8 Å². The highest BCUT2D eigenvalue weighted by Crippen LogP contribution is 2.20. The maximum Gasteiger partial charge on any atom is 0.335 e. The Bertz CT molecular complexity index is 782. The lowest BCUT2D eigenvalue weighted by molar-refractivity contribution is 0.0697. The predicted molar refractivity (Wildman–Crippen MR) is 73.1 cm³/mol. The Kier molecular flexibility index (Phi) is 3.96. The van der Waals surface area contributed by atoms with Gasteiger partial charge in [-0.1, -0.05) is 5.16 Å². The van der Waals surface area contributed by atoms with E-state index in [1.165, 1.54) is 6.07 Å². The molecule has 0 aliphatic rings. The van der Waals surface area contributed by atoms with Crippen molar-refractivity contribution in [3.8, 4) is 0 Å². The first-order valence-corrected chi connectivity index (χ1v) is 7.32. The van der Waals surface area contributed by atoms with Crippen LogP contribution >= 0.6 is 0 Å². The summed E-state index contributed by atoms with van der Waals surface area (Å²) in [6, 6.07) is 5.01. The molecule has 2 aromatic rings. The van der Waals surface area contributed by atoms with E-state index >= 15 is 0 Å². The first-order chi connectivity index (χ1) is 9.79. The second-order valence-electron chi connectivity index (χ2n) is 4.31. The number of nitrogens with zero attached hydrogens (tertiary/aromatic N) is 1. The molecule has 0 aliphatic carbocycles. The highest BCUT2D eigenvalue weighted by molar-refractivity contribution is 7.89. The summed E-state index contributed by atoms with van der Waals surface area (Å²) in [5.74, 6) is -0.619. The molecule has 0 saturated heterocycles. The molecule has 1 aromatic heterocycles. The Balaban J connectivity index is 2.21. The summed E-state index contributed by atoms with van der Waals surface area (Å²) in [6.07, 6.45) is 0. The molecule has 0 radical (unpaired) electrons. The van der Waals surface area contributed by atoms with Crippen molar-refractivity contribution in [1.82, 2.24) is 9.88 Å². The minimum Gasteiger partial charge on any atom is -0.478 e. The van der Waals surface area contributed by atoms with Gasteiger partial charge in [-0.15, -0.1) is 0 Å². The summed E-state index contributed by atoms with van der Waals surface area (Å²) in [5.41, 5.74) is 5.80. The number of sulfonamides is 1. The lowest BCUT2D eigenvalue weighted by Gasteiger charge is -2.08. The van der Waals surface area contributed by atoms with Gasteiger partial charge in [0.1, 0.15) is 10.7 Å². The zero-order valence-corrected chi connectivity index (χ0v) is 11.8. The average Bonchev–Trinajstić information content (AvgIpc) is 2.82. The number of aromatic nitrogens is 1. The van der Waals surface area contributed by atoms with Gasteiger partial charge in [0, 0.05) is 6.07 Å². The third kappa shape index (κ3) is 3.38. The Morgan fingerprint density at radius 3 is 2.67 bits per heavy atom. The van der Waals surface area contributed by atoms with Crippen LogP contribution in [0.25, 0.3) is 0 Å². The number of aryl methyl sites for hydroxylation is 1. The highest BCUT2D eigenvalue weighted by atomic mass is 32.2. The van der Waals surface area contributed by atoms with E-state index in [4.69, 9.17) is 15.4 Å². The van der Waals surface area contributed by atoms with E-state index in [1.54, 1.807) is 13.0 Å². The summed E-state index contributed by atoms with van der Waals surface area (Å²) < 4.78 is 31.4. The SMILES string of the molecule is Cc1cc(CNS(=O)(=O)c2ccc(C(=O)O)cc2N)no1. The fraction of sp³-hybridized carbons (Fsp3) is 0.167. The maximum absolute atomic E-state index is 12.1. The van der Waals surface area contributed by atoms with Gasteiger partial charge in [-0.2, -0.15) is 0 Å². The predicted octanol–water partition coefficient (Wildman–Crippen LogP) is 0.742. The van der Waals surface area contributed by atoms with Gasteiger partial charge in [0.25, 0.3) is 0 Å². The molecule has 0 fully saturated rings. The minimum atomic E-state index is -3.87. The fourth-order valence-electron chi connectivity index (χ4n) is 1.67. The number of benzene rings is 1. The third-order valence-corrected chi connectivity index (χ3v) is 4.14. The molecule has 0 unspecified atom stereocenters. The first-order valence-electron chi connectivity index (χ1n) is 5.84. The van der Waals surface area contributed by atoms with Crippen LogP contribution in [-0.4, -0.2) is 24.7 Å². The molecule has 21 heavy (non-hydrogen) atoms. The van der Waals surface area contributed by atoms with E-state index < -0.39 is 16.0 Å². The summed E-state index contributed by atoms with van der Waals surface area (Å²) in [7, 11) is -3.87. The van der Waals surface area contributed by atoms with Crippen LogP contribution in [0.5, 0.6) is 0 Å². The summed E-state index contributed by atoms with van der Waals surface area (Å²) in [6.45, 7) is 1.63. The molecule has 1 heterocycles. The number of nitrogens with one attached hydrogen (secondary N) is 1. The Morgan fingerprint density at radius 2 is 2.14 bits per heavy atom. The molecule has 0 saturated carbocycles. The molecule has 112 valence electrons. The molecule has 9 heteroatoms. The average molecular weight is 311 g/mol. The summed E-state index contributed by atoms with van der Waals surface area (Å²) >= 11 is 0. The smallest absolute Gasteiger partial charge is 0.335 e. The Hall–Kier alpha value is -2.39. The van der Waals surface area contributed by atoms with E-state index in [1.807, 2.05) is 0 Å². The molecule has 2 rings (SSSR count). The zero-order chi connectivity index (χ0) is 15.6. The van der Waals surface area contributed by atoms with E-state index in [-0.39, 0.29) is 22.7 Å². The maximum atomic E-state index is 12.1.